The predicted molar refractivity (Wildman–Crippen MR) is 69.7 cm³/mol. The van der Waals surface area contributed by atoms with E-state index in [9.17, 15) is 9.59 Å². The first-order valence-corrected chi connectivity index (χ1v) is 6.28. The number of carbonyl (C=O) groups is 2. The summed E-state index contributed by atoms with van der Waals surface area (Å²) in [6.07, 6.45) is 3.52. The van der Waals surface area contributed by atoms with Crippen molar-refractivity contribution in [3.8, 4) is 0 Å². The zero-order valence-electron chi connectivity index (χ0n) is 9.94. The first-order chi connectivity index (χ1) is 8.61. The summed E-state index contributed by atoms with van der Waals surface area (Å²) in [6.45, 7) is 2.24. The van der Waals surface area contributed by atoms with E-state index in [1.807, 2.05) is 6.92 Å². The molecule has 0 fully saturated rings. The van der Waals surface area contributed by atoms with E-state index in [4.69, 9.17) is 9.15 Å². The average Bonchev–Trinajstić information content (AvgIpc) is 2.77. The van der Waals surface area contributed by atoms with E-state index < -0.39 is 5.97 Å². The highest BCUT2D eigenvalue weighted by atomic mass is 79.9. The van der Waals surface area contributed by atoms with Crippen LogP contribution < -0.4 is 5.32 Å². The zero-order valence-corrected chi connectivity index (χ0v) is 11.5. The smallest absolute Gasteiger partial charge is 0.331 e. The molecule has 0 bridgehead atoms. The van der Waals surface area contributed by atoms with Crippen LogP contribution in [-0.4, -0.2) is 25.0 Å². The molecular formula is C12H14BrNO4. The van der Waals surface area contributed by atoms with E-state index in [1.54, 1.807) is 12.1 Å². The van der Waals surface area contributed by atoms with E-state index in [0.717, 1.165) is 6.42 Å². The first-order valence-electron chi connectivity index (χ1n) is 5.48. The lowest BCUT2D eigenvalue weighted by Gasteiger charge is -2.02. The molecule has 18 heavy (non-hydrogen) atoms. The number of hydrogen-bond donors (Lipinski definition) is 1. The summed E-state index contributed by atoms with van der Waals surface area (Å²) < 4.78 is 10.5. The van der Waals surface area contributed by atoms with Crippen LogP contribution in [0.5, 0.6) is 0 Å². The Hall–Kier alpha value is -1.56. The highest BCUT2D eigenvalue weighted by Crippen LogP contribution is 2.14. The molecule has 0 saturated carbocycles. The summed E-state index contributed by atoms with van der Waals surface area (Å²) in [5, 5.41) is 2.60. The Morgan fingerprint density at radius 2 is 2.28 bits per heavy atom. The van der Waals surface area contributed by atoms with Gasteiger partial charge in [0, 0.05) is 12.6 Å². The highest BCUT2D eigenvalue weighted by Gasteiger charge is 2.04. The lowest BCUT2D eigenvalue weighted by atomic mass is 10.4. The molecule has 1 heterocycles. The summed E-state index contributed by atoms with van der Waals surface area (Å²) in [7, 11) is 0. The van der Waals surface area contributed by atoms with E-state index in [0.29, 0.717) is 17.0 Å². The molecule has 1 amide bonds. The van der Waals surface area contributed by atoms with E-state index in [-0.39, 0.29) is 12.5 Å². The molecule has 1 aromatic rings. The topological polar surface area (TPSA) is 68.5 Å². The van der Waals surface area contributed by atoms with Gasteiger partial charge in [-0.2, -0.15) is 0 Å². The molecule has 0 atom stereocenters. The maximum Gasteiger partial charge on any atom is 0.331 e. The number of ether oxygens (including phenoxy) is 1. The SMILES string of the molecule is CCCNC(=O)COC(=O)/C=C/c1ccc(Br)o1. The van der Waals surface area contributed by atoms with Gasteiger partial charge in [0.25, 0.3) is 5.91 Å². The largest absolute Gasteiger partial charge is 0.452 e. The highest BCUT2D eigenvalue weighted by molar-refractivity contribution is 9.10. The fourth-order valence-corrected chi connectivity index (χ4v) is 1.39. The van der Waals surface area contributed by atoms with Gasteiger partial charge >= 0.3 is 5.97 Å². The standard InChI is InChI=1S/C12H14BrNO4/c1-2-7-14-11(15)8-17-12(16)6-4-9-3-5-10(13)18-9/h3-6H,2,7-8H2,1H3,(H,14,15)/b6-4+. The van der Waals surface area contributed by atoms with Crippen LogP contribution in [0.2, 0.25) is 0 Å². The second-order valence-electron chi connectivity index (χ2n) is 3.43. The minimum absolute atomic E-state index is 0.273. The Kier molecular flexibility index (Phi) is 6.21. The number of esters is 1. The van der Waals surface area contributed by atoms with Gasteiger partial charge in [0.15, 0.2) is 11.3 Å². The number of nitrogens with one attached hydrogen (secondary N) is 1. The molecule has 1 N–H and O–H groups in total. The van der Waals surface area contributed by atoms with E-state index >= 15 is 0 Å². The van der Waals surface area contributed by atoms with Gasteiger partial charge in [-0.15, -0.1) is 0 Å². The molecule has 0 aromatic carbocycles. The molecule has 0 aliphatic rings. The quantitative estimate of drug-likeness (QED) is 0.645. The summed E-state index contributed by atoms with van der Waals surface area (Å²) in [6, 6.07) is 3.41. The van der Waals surface area contributed by atoms with Gasteiger partial charge in [-0.05, 0) is 40.6 Å². The number of halogens is 1. The van der Waals surface area contributed by atoms with Crippen LogP contribution in [0.15, 0.2) is 27.3 Å². The number of rotatable bonds is 6. The fourth-order valence-electron chi connectivity index (χ4n) is 1.07. The van der Waals surface area contributed by atoms with Gasteiger partial charge in [-0.3, -0.25) is 4.79 Å². The summed E-state index contributed by atoms with van der Waals surface area (Å²) in [4.78, 5) is 22.4. The molecule has 98 valence electrons. The van der Waals surface area contributed by atoms with E-state index in [1.165, 1.54) is 12.2 Å². The molecule has 0 aliphatic carbocycles. The van der Waals surface area contributed by atoms with Crippen LogP contribution in [0.4, 0.5) is 0 Å². The number of furan rings is 1. The summed E-state index contributed by atoms with van der Waals surface area (Å²) in [5.41, 5.74) is 0. The van der Waals surface area contributed by atoms with Crippen molar-refractivity contribution in [1.82, 2.24) is 5.32 Å². The van der Waals surface area contributed by atoms with Crippen LogP contribution in [0.3, 0.4) is 0 Å². The van der Waals surface area contributed by atoms with Crippen molar-refractivity contribution in [3.63, 3.8) is 0 Å². The molecule has 5 nitrogen and oxygen atoms in total. The monoisotopic (exact) mass is 315 g/mol. The van der Waals surface area contributed by atoms with Crippen molar-refractivity contribution in [2.45, 2.75) is 13.3 Å². The summed E-state index contributed by atoms with van der Waals surface area (Å²) in [5.74, 6) is -0.372. The van der Waals surface area contributed by atoms with Gasteiger partial charge in [-0.25, -0.2) is 4.79 Å². The number of amides is 1. The molecule has 1 rings (SSSR count). The Labute approximate surface area is 113 Å². The minimum Gasteiger partial charge on any atom is -0.452 e. The Balaban J connectivity index is 2.29. The van der Waals surface area contributed by atoms with Gasteiger partial charge in [0.05, 0.1) is 0 Å². The molecule has 0 aliphatic heterocycles. The Bertz CT molecular complexity index is 439. The third kappa shape index (κ3) is 5.67. The first kappa shape index (κ1) is 14.5. The molecular weight excluding hydrogens is 302 g/mol. The number of carbonyl (C=O) groups excluding carboxylic acids is 2. The van der Waals surface area contributed by atoms with E-state index in [2.05, 4.69) is 21.2 Å². The normalized spacial score (nSPS) is 10.6. The minimum atomic E-state index is -0.589. The lowest BCUT2D eigenvalue weighted by Crippen LogP contribution is -2.28. The van der Waals surface area contributed by atoms with Gasteiger partial charge in [0.2, 0.25) is 0 Å². The maximum absolute atomic E-state index is 11.3. The molecule has 0 radical (unpaired) electrons. The summed E-state index contributed by atoms with van der Waals surface area (Å²) >= 11 is 3.14. The van der Waals surface area contributed by atoms with Crippen LogP contribution >= 0.6 is 15.9 Å². The lowest BCUT2D eigenvalue weighted by molar-refractivity contribution is -0.143. The van der Waals surface area contributed by atoms with Crippen LogP contribution in [0.25, 0.3) is 6.08 Å². The van der Waals surface area contributed by atoms with Crippen LogP contribution in [0, 0.1) is 0 Å². The molecule has 0 spiro atoms. The Morgan fingerprint density at radius 3 is 2.89 bits per heavy atom. The third-order valence-electron chi connectivity index (χ3n) is 1.90. The van der Waals surface area contributed by atoms with Crippen LogP contribution in [-0.2, 0) is 14.3 Å². The maximum atomic E-state index is 11.3. The molecule has 6 heteroatoms. The van der Waals surface area contributed by atoms with Crippen molar-refractivity contribution < 1.29 is 18.7 Å². The van der Waals surface area contributed by atoms with Gasteiger partial charge in [-0.1, -0.05) is 6.92 Å². The third-order valence-corrected chi connectivity index (χ3v) is 2.32. The van der Waals surface area contributed by atoms with Crippen molar-refractivity contribution in [2.75, 3.05) is 13.2 Å². The molecule has 0 unspecified atom stereocenters. The van der Waals surface area contributed by atoms with Crippen molar-refractivity contribution in [2.24, 2.45) is 0 Å². The van der Waals surface area contributed by atoms with Gasteiger partial charge < -0.3 is 14.5 Å². The zero-order chi connectivity index (χ0) is 13.4. The van der Waals surface area contributed by atoms with Crippen molar-refractivity contribution in [3.05, 3.63) is 28.6 Å². The van der Waals surface area contributed by atoms with Crippen molar-refractivity contribution >= 4 is 33.9 Å². The van der Waals surface area contributed by atoms with Gasteiger partial charge in [0.1, 0.15) is 5.76 Å². The fraction of sp³-hybridized carbons (Fsp3) is 0.333. The Morgan fingerprint density at radius 1 is 1.50 bits per heavy atom. The molecule has 0 saturated heterocycles. The number of hydrogen-bond acceptors (Lipinski definition) is 4. The van der Waals surface area contributed by atoms with Crippen molar-refractivity contribution in [1.29, 1.82) is 0 Å². The molecule has 1 aromatic heterocycles. The second kappa shape index (κ2) is 7.71. The van der Waals surface area contributed by atoms with Crippen LogP contribution in [0.1, 0.15) is 19.1 Å². The predicted octanol–water partition coefficient (Wildman–Crippen LogP) is 2.12. The second-order valence-corrected chi connectivity index (χ2v) is 4.21. The average molecular weight is 316 g/mol.